The van der Waals surface area contributed by atoms with Gasteiger partial charge in [-0.25, -0.2) is 0 Å². The Labute approximate surface area is 98.8 Å². The zero-order valence-electron chi connectivity index (χ0n) is 10.6. The molecule has 0 aromatic rings. The molecule has 2 aliphatic rings. The van der Waals surface area contributed by atoms with Crippen LogP contribution in [-0.2, 0) is 4.74 Å². The van der Waals surface area contributed by atoms with Crippen LogP contribution in [0.15, 0.2) is 0 Å². The van der Waals surface area contributed by atoms with E-state index in [9.17, 15) is 5.11 Å². The predicted molar refractivity (Wildman–Crippen MR) is 64.4 cm³/mol. The Bertz CT molecular complexity index is 212. The fourth-order valence-corrected chi connectivity index (χ4v) is 3.17. The predicted octanol–water partition coefficient (Wildman–Crippen LogP) is 1.65. The summed E-state index contributed by atoms with van der Waals surface area (Å²) < 4.78 is 5.73. The lowest BCUT2D eigenvalue weighted by Crippen LogP contribution is -2.48. The van der Waals surface area contributed by atoms with Crippen molar-refractivity contribution in [3.05, 3.63) is 0 Å². The fourth-order valence-electron chi connectivity index (χ4n) is 3.17. The number of rotatable bonds is 2. The summed E-state index contributed by atoms with van der Waals surface area (Å²) in [5, 5.41) is 9.97. The van der Waals surface area contributed by atoms with Gasteiger partial charge < -0.3 is 9.84 Å². The molecule has 94 valence electrons. The van der Waals surface area contributed by atoms with Crippen molar-refractivity contribution in [2.45, 2.75) is 57.8 Å². The van der Waals surface area contributed by atoms with E-state index in [1.165, 1.54) is 19.3 Å². The molecule has 16 heavy (non-hydrogen) atoms. The quantitative estimate of drug-likeness (QED) is 0.778. The van der Waals surface area contributed by atoms with Crippen LogP contribution in [0.4, 0.5) is 0 Å². The summed E-state index contributed by atoms with van der Waals surface area (Å²) in [4.78, 5) is 2.47. The minimum atomic E-state index is -0.0674. The van der Waals surface area contributed by atoms with Crippen molar-refractivity contribution in [3.63, 3.8) is 0 Å². The molecular formula is C13H25NO2. The van der Waals surface area contributed by atoms with Gasteiger partial charge in [-0.2, -0.15) is 0 Å². The second kappa shape index (κ2) is 5.48. The third-order valence-corrected chi connectivity index (χ3v) is 3.86. The van der Waals surface area contributed by atoms with E-state index >= 15 is 0 Å². The molecule has 2 rings (SSSR count). The van der Waals surface area contributed by atoms with E-state index in [0.717, 1.165) is 26.1 Å². The van der Waals surface area contributed by atoms with E-state index in [0.29, 0.717) is 18.1 Å². The molecule has 1 saturated carbocycles. The summed E-state index contributed by atoms with van der Waals surface area (Å²) >= 11 is 0. The third kappa shape index (κ3) is 3.19. The molecule has 1 aliphatic carbocycles. The first-order chi connectivity index (χ1) is 7.65. The molecule has 4 unspecified atom stereocenters. The maximum atomic E-state index is 9.97. The standard InChI is InChI=1S/C13H25NO2/c1-10-7-14(8-11(2)16-10)9-12-5-3-4-6-13(12)15/h10-13,15H,3-9H2,1-2H3. The Morgan fingerprint density at radius 2 is 1.75 bits per heavy atom. The molecule has 0 radical (unpaired) electrons. The second-order valence-electron chi connectivity index (χ2n) is 5.59. The zero-order valence-corrected chi connectivity index (χ0v) is 10.6. The first-order valence-electron chi connectivity index (χ1n) is 6.71. The van der Waals surface area contributed by atoms with Crippen LogP contribution in [0.25, 0.3) is 0 Å². The first-order valence-corrected chi connectivity index (χ1v) is 6.71. The van der Waals surface area contributed by atoms with Crippen LogP contribution >= 0.6 is 0 Å². The van der Waals surface area contributed by atoms with Crippen molar-refractivity contribution in [1.29, 1.82) is 0 Å². The molecule has 3 nitrogen and oxygen atoms in total. The molecular weight excluding hydrogens is 202 g/mol. The van der Waals surface area contributed by atoms with Gasteiger partial charge in [-0.3, -0.25) is 4.90 Å². The summed E-state index contributed by atoms with van der Waals surface area (Å²) in [6.07, 6.45) is 5.29. The van der Waals surface area contributed by atoms with Crippen molar-refractivity contribution in [2.75, 3.05) is 19.6 Å². The minimum Gasteiger partial charge on any atom is -0.393 e. The topological polar surface area (TPSA) is 32.7 Å². The molecule has 3 heteroatoms. The van der Waals surface area contributed by atoms with Gasteiger partial charge in [-0.15, -0.1) is 0 Å². The molecule has 0 spiro atoms. The average molecular weight is 227 g/mol. The van der Waals surface area contributed by atoms with Gasteiger partial charge in [-0.1, -0.05) is 12.8 Å². The number of aliphatic hydroxyl groups excluding tert-OH is 1. The fraction of sp³-hybridized carbons (Fsp3) is 1.00. The van der Waals surface area contributed by atoms with Gasteiger partial charge in [0.15, 0.2) is 0 Å². The average Bonchev–Trinajstić information content (AvgIpc) is 2.20. The molecule has 4 atom stereocenters. The lowest BCUT2D eigenvalue weighted by molar-refractivity contribution is -0.0785. The molecule has 0 bridgehead atoms. The second-order valence-corrected chi connectivity index (χ2v) is 5.59. The van der Waals surface area contributed by atoms with Crippen LogP contribution in [0, 0.1) is 5.92 Å². The lowest BCUT2D eigenvalue weighted by Gasteiger charge is -2.39. The highest BCUT2D eigenvalue weighted by Crippen LogP contribution is 2.26. The van der Waals surface area contributed by atoms with Crippen LogP contribution < -0.4 is 0 Å². The summed E-state index contributed by atoms with van der Waals surface area (Å²) in [6, 6.07) is 0. The molecule has 1 N–H and O–H groups in total. The van der Waals surface area contributed by atoms with E-state index in [1.807, 2.05) is 0 Å². The molecule has 2 fully saturated rings. The molecule has 1 saturated heterocycles. The Hall–Kier alpha value is -0.120. The van der Waals surface area contributed by atoms with Crippen LogP contribution in [0.1, 0.15) is 39.5 Å². The monoisotopic (exact) mass is 227 g/mol. The number of aliphatic hydroxyl groups is 1. The Balaban J connectivity index is 1.83. The van der Waals surface area contributed by atoms with Gasteiger partial charge in [0.1, 0.15) is 0 Å². The Morgan fingerprint density at radius 1 is 1.12 bits per heavy atom. The maximum absolute atomic E-state index is 9.97. The van der Waals surface area contributed by atoms with E-state index in [-0.39, 0.29) is 6.10 Å². The molecule has 0 amide bonds. The van der Waals surface area contributed by atoms with Crippen molar-refractivity contribution >= 4 is 0 Å². The molecule has 1 heterocycles. The normalized spacial score (nSPS) is 42.2. The van der Waals surface area contributed by atoms with E-state index < -0.39 is 0 Å². The smallest absolute Gasteiger partial charge is 0.0678 e. The molecule has 0 aromatic heterocycles. The van der Waals surface area contributed by atoms with E-state index in [2.05, 4.69) is 18.7 Å². The Kier molecular flexibility index (Phi) is 4.22. The van der Waals surface area contributed by atoms with Crippen LogP contribution in [-0.4, -0.2) is 48.0 Å². The highest BCUT2D eigenvalue weighted by Gasteiger charge is 2.28. The summed E-state index contributed by atoms with van der Waals surface area (Å²) in [5.41, 5.74) is 0. The number of ether oxygens (including phenoxy) is 1. The maximum Gasteiger partial charge on any atom is 0.0678 e. The molecule has 1 aliphatic heterocycles. The van der Waals surface area contributed by atoms with Gasteiger partial charge in [0.2, 0.25) is 0 Å². The summed E-state index contributed by atoms with van der Waals surface area (Å²) in [5.74, 6) is 0.492. The number of hydrogen-bond donors (Lipinski definition) is 1. The highest BCUT2D eigenvalue weighted by molar-refractivity contribution is 4.81. The summed E-state index contributed by atoms with van der Waals surface area (Å²) in [6.45, 7) is 7.38. The van der Waals surface area contributed by atoms with E-state index in [1.54, 1.807) is 0 Å². The van der Waals surface area contributed by atoms with Crippen molar-refractivity contribution in [1.82, 2.24) is 4.90 Å². The van der Waals surface area contributed by atoms with Crippen LogP contribution in [0.3, 0.4) is 0 Å². The van der Waals surface area contributed by atoms with Gasteiger partial charge in [-0.05, 0) is 32.6 Å². The molecule has 0 aromatic carbocycles. The largest absolute Gasteiger partial charge is 0.393 e. The van der Waals surface area contributed by atoms with Crippen molar-refractivity contribution in [3.8, 4) is 0 Å². The van der Waals surface area contributed by atoms with Crippen LogP contribution in [0.5, 0.6) is 0 Å². The number of morpholine rings is 1. The Morgan fingerprint density at radius 3 is 2.38 bits per heavy atom. The van der Waals surface area contributed by atoms with Crippen molar-refractivity contribution in [2.24, 2.45) is 5.92 Å². The van der Waals surface area contributed by atoms with Crippen LogP contribution in [0.2, 0.25) is 0 Å². The zero-order chi connectivity index (χ0) is 11.5. The summed E-state index contributed by atoms with van der Waals surface area (Å²) in [7, 11) is 0. The number of hydrogen-bond acceptors (Lipinski definition) is 3. The SMILES string of the molecule is CC1CN(CC2CCCCC2O)CC(C)O1. The minimum absolute atomic E-state index is 0.0674. The van der Waals surface area contributed by atoms with Gasteiger partial charge in [0.05, 0.1) is 18.3 Å². The van der Waals surface area contributed by atoms with Gasteiger partial charge in [0.25, 0.3) is 0 Å². The highest BCUT2D eigenvalue weighted by atomic mass is 16.5. The lowest BCUT2D eigenvalue weighted by atomic mass is 9.86. The van der Waals surface area contributed by atoms with Crippen molar-refractivity contribution < 1.29 is 9.84 Å². The van der Waals surface area contributed by atoms with Gasteiger partial charge in [0, 0.05) is 19.6 Å². The van der Waals surface area contributed by atoms with E-state index in [4.69, 9.17) is 4.74 Å². The third-order valence-electron chi connectivity index (χ3n) is 3.86. The number of nitrogens with zero attached hydrogens (tertiary/aromatic N) is 1. The van der Waals surface area contributed by atoms with Gasteiger partial charge >= 0.3 is 0 Å². The first kappa shape index (κ1) is 12.3.